The SMILES string of the molecule is COCCOc1ccc(N2CCNCC2)c(F)c1F. The minimum absolute atomic E-state index is 0.0755. The summed E-state index contributed by atoms with van der Waals surface area (Å²) in [6.07, 6.45) is 0. The first kappa shape index (κ1) is 14.0. The van der Waals surface area contributed by atoms with E-state index in [0.717, 1.165) is 13.1 Å². The van der Waals surface area contributed by atoms with Gasteiger partial charge < -0.3 is 19.7 Å². The van der Waals surface area contributed by atoms with Crippen LogP contribution in [0, 0.1) is 11.6 Å². The molecule has 19 heavy (non-hydrogen) atoms. The summed E-state index contributed by atoms with van der Waals surface area (Å²) in [7, 11) is 1.52. The molecule has 4 nitrogen and oxygen atoms in total. The Morgan fingerprint density at radius 2 is 1.89 bits per heavy atom. The number of benzene rings is 1. The van der Waals surface area contributed by atoms with Crippen molar-refractivity contribution in [3.05, 3.63) is 23.8 Å². The van der Waals surface area contributed by atoms with Crippen molar-refractivity contribution in [3.63, 3.8) is 0 Å². The Morgan fingerprint density at radius 1 is 1.16 bits per heavy atom. The Labute approximate surface area is 111 Å². The topological polar surface area (TPSA) is 33.7 Å². The van der Waals surface area contributed by atoms with E-state index in [2.05, 4.69) is 5.32 Å². The molecule has 0 saturated carbocycles. The van der Waals surface area contributed by atoms with Crippen LogP contribution in [-0.2, 0) is 4.74 Å². The normalized spacial score (nSPS) is 15.6. The summed E-state index contributed by atoms with van der Waals surface area (Å²) in [5.74, 6) is -1.86. The molecular formula is C13H18F2N2O2. The zero-order chi connectivity index (χ0) is 13.7. The first-order valence-electron chi connectivity index (χ1n) is 6.29. The second-order valence-electron chi connectivity index (χ2n) is 4.29. The Hall–Kier alpha value is -1.40. The van der Waals surface area contributed by atoms with Crippen LogP contribution in [0.2, 0.25) is 0 Å². The summed E-state index contributed by atoms with van der Waals surface area (Å²) in [5.41, 5.74) is 0.290. The summed E-state index contributed by atoms with van der Waals surface area (Å²) < 4.78 is 37.8. The van der Waals surface area contributed by atoms with Crippen LogP contribution < -0.4 is 15.0 Å². The van der Waals surface area contributed by atoms with Crippen LogP contribution in [0.25, 0.3) is 0 Å². The monoisotopic (exact) mass is 272 g/mol. The molecule has 1 heterocycles. The van der Waals surface area contributed by atoms with Gasteiger partial charge in [-0.25, -0.2) is 4.39 Å². The van der Waals surface area contributed by atoms with Gasteiger partial charge in [0.2, 0.25) is 5.82 Å². The number of ether oxygens (including phenoxy) is 2. The van der Waals surface area contributed by atoms with Gasteiger partial charge in [-0.3, -0.25) is 0 Å². The zero-order valence-electron chi connectivity index (χ0n) is 10.9. The van der Waals surface area contributed by atoms with Gasteiger partial charge in [-0.15, -0.1) is 0 Å². The van der Waals surface area contributed by atoms with Crippen molar-refractivity contribution in [2.45, 2.75) is 0 Å². The molecule has 0 unspecified atom stereocenters. The molecule has 1 saturated heterocycles. The first-order chi connectivity index (χ1) is 9.24. The van der Waals surface area contributed by atoms with Gasteiger partial charge in [0.15, 0.2) is 11.6 Å². The van der Waals surface area contributed by atoms with Crippen LogP contribution in [0.1, 0.15) is 0 Å². The standard InChI is InChI=1S/C13H18F2N2O2/c1-18-8-9-19-11-3-2-10(12(14)13(11)15)17-6-4-16-5-7-17/h2-3,16H,4-9H2,1H3. The lowest BCUT2D eigenvalue weighted by atomic mass is 10.2. The van der Waals surface area contributed by atoms with E-state index in [0.29, 0.717) is 19.7 Å². The minimum atomic E-state index is -0.938. The van der Waals surface area contributed by atoms with Gasteiger partial charge in [-0.2, -0.15) is 4.39 Å². The molecule has 0 amide bonds. The van der Waals surface area contributed by atoms with E-state index in [4.69, 9.17) is 9.47 Å². The second kappa shape index (κ2) is 6.68. The lowest BCUT2D eigenvalue weighted by Gasteiger charge is -2.29. The highest BCUT2D eigenvalue weighted by atomic mass is 19.2. The lowest BCUT2D eigenvalue weighted by molar-refractivity contribution is 0.143. The van der Waals surface area contributed by atoms with Gasteiger partial charge in [-0.05, 0) is 12.1 Å². The molecule has 0 atom stereocenters. The molecule has 0 aromatic heterocycles. The van der Waals surface area contributed by atoms with Crippen LogP contribution in [0.4, 0.5) is 14.5 Å². The Bertz CT molecular complexity index is 423. The minimum Gasteiger partial charge on any atom is -0.488 e. The summed E-state index contributed by atoms with van der Waals surface area (Å²) in [4.78, 5) is 1.83. The highest BCUT2D eigenvalue weighted by Crippen LogP contribution is 2.28. The first-order valence-corrected chi connectivity index (χ1v) is 6.29. The number of nitrogens with zero attached hydrogens (tertiary/aromatic N) is 1. The van der Waals surface area contributed by atoms with Crippen LogP contribution in [0.3, 0.4) is 0 Å². The molecular weight excluding hydrogens is 254 g/mol. The molecule has 0 radical (unpaired) electrons. The number of halogens is 2. The molecule has 2 rings (SSSR count). The molecule has 1 N–H and O–H groups in total. The highest BCUT2D eigenvalue weighted by Gasteiger charge is 2.20. The predicted octanol–water partition coefficient (Wildman–Crippen LogP) is 1.40. The third-order valence-corrected chi connectivity index (χ3v) is 3.03. The Morgan fingerprint density at radius 3 is 2.58 bits per heavy atom. The number of rotatable bonds is 5. The number of piperazine rings is 1. The van der Waals surface area contributed by atoms with E-state index < -0.39 is 11.6 Å². The molecule has 1 aliphatic heterocycles. The number of anilines is 1. The fraction of sp³-hybridized carbons (Fsp3) is 0.538. The summed E-state index contributed by atoms with van der Waals surface area (Å²) in [6.45, 7) is 3.40. The fourth-order valence-corrected chi connectivity index (χ4v) is 2.02. The molecule has 1 fully saturated rings. The van der Waals surface area contributed by atoms with Crippen molar-refractivity contribution in [2.75, 3.05) is 51.4 Å². The third-order valence-electron chi connectivity index (χ3n) is 3.03. The number of nitrogens with one attached hydrogen (secondary N) is 1. The maximum Gasteiger partial charge on any atom is 0.202 e. The van der Waals surface area contributed by atoms with Crippen LogP contribution in [0.5, 0.6) is 5.75 Å². The molecule has 0 aliphatic carbocycles. The second-order valence-corrected chi connectivity index (χ2v) is 4.29. The smallest absolute Gasteiger partial charge is 0.202 e. The maximum atomic E-state index is 14.0. The summed E-state index contributed by atoms with van der Waals surface area (Å²) in [5, 5.41) is 3.17. The Kier molecular flexibility index (Phi) is 4.93. The maximum absolute atomic E-state index is 14.0. The van der Waals surface area contributed by atoms with Crippen molar-refractivity contribution < 1.29 is 18.3 Å². The average molecular weight is 272 g/mol. The van der Waals surface area contributed by atoms with Crippen molar-refractivity contribution in [2.24, 2.45) is 0 Å². The molecule has 1 aromatic carbocycles. The molecule has 0 spiro atoms. The fourth-order valence-electron chi connectivity index (χ4n) is 2.02. The van der Waals surface area contributed by atoms with Crippen LogP contribution in [0.15, 0.2) is 12.1 Å². The molecule has 1 aliphatic rings. The average Bonchev–Trinajstić information content (AvgIpc) is 2.45. The van der Waals surface area contributed by atoms with Gasteiger partial charge >= 0.3 is 0 Å². The van der Waals surface area contributed by atoms with E-state index in [-0.39, 0.29) is 18.0 Å². The predicted molar refractivity (Wildman–Crippen MR) is 68.8 cm³/mol. The van der Waals surface area contributed by atoms with Gasteiger partial charge in [0.25, 0.3) is 0 Å². The van der Waals surface area contributed by atoms with Crippen molar-refractivity contribution in [1.82, 2.24) is 5.32 Å². The van der Waals surface area contributed by atoms with E-state index in [9.17, 15) is 8.78 Å². The van der Waals surface area contributed by atoms with E-state index >= 15 is 0 Å². The number of hydrogen-bond acceptors (Lipinski definition) is 4. The number of methoxy groups -OCH3 is 1. The molecule has 106 valence electrons. The van der Waals surface area contributed by atoms with Crippen LogP contribution in [-0.4, -0.2) is 46.5 Å². The van der Waals surface area contributed by atoms with Gasteiger partial charge in [0.1, 0.15) is 6.61 Å². The summed E-state index contributed by atoms with van der Waals surface area (Å²) in [6, 6.07) is 3.03. The van der Waals surface area contributed by atoms with Crippen molar-refractivity contribution in [3.8, 4) is 5.75 Å². The van der Waals surface area contributed by atoms with E-state index in [1.165, 1.54) is 13.2 Å². The molecule has 1 aromatic rings. The van der Waals surface area contributed by atoms with E-state index in [1.807, 2.05) is 4.90 Å². The lowest BCUT2D eigenvalue weighted by Crippen LogP contribution is -2.44. The molecule has 0 bridgehead atoms. The Balaban J connectivity index is 2.11. The summed E-state index contributed by atoms with van der Waals surface area (Å²) >= 11 is 0. The van der Waals surface area contributed by atoms with Gasteiger partial charge in [-0.1, -0.05) is 0 Å². The number of hydrogen-bond donors (Lipinski definition) is 1. The quantitative estimate of drug-likeness (QED) is 0.822. The van der Waals surface area contributed by atoms with Gasteiger partial charge in [0.05, 0.1) is 12.3 Å². The van der Waals surface area contributed by atoms with Crippen molar-refractivity contribution >= 4 is 5.69 Å². The van der Waals surface area contributed by atoms with E-state index in [1.54, 1.807) is 6.07 Å². The molecule has 6 heteroatoms. The largest absolute Gasteiger partial charge is 0.488 e. The highest BCUT2D eigenvalue weighted by molar-refractivity contribution is 5.51. The van der Waals surface area contributed by atoms with Crippen LogP contribution >= 0.6 is 0 Å². The third kappa shape index (κ3) is 3.33. The van der Waals surface area contributed by atoms with Gasteiger partial charge in [0, 0.05) is 33.3 Å². The zero-order valence-corrected chi connectivity index (χ0v) is 10.9. The van der Waals surface area contributed by atoms with Crippen molar-refractivity contribution in [1.29, 1.82) is 0 Å².